The van der Waals surface area contributed by atoms with Crippen molar-refractivity contribution in [3.05, 3.63) is 35.5 Å². The Morgan fingerprint density at radius 2 is 2.28 bits per heavy atom. The SMILES string of the molecule is CCCc1ccc2c(C[C@H](N)C(=O)O)c[nH]c2c1. The van der Waals surface area contributed by atoms with E-state index >= 15 is 0 Å². The fourth-order valence-corrected chi connectivity index (χ4v) is 2.17. The van der Waals surface area contributed by atoms with Gasteiger partial charge in [0, 0.05) is 23.5 Å². The molecule has 0 bridgehead atoms. The average molecular weight is 246 g/mol. The van der Waals surface area contributed by atoms with E-state index in [0.29, 0.717) is 6.42 Å². The molecule has 0 spiro atoms. The molecule has 0 fully saturated rings. The van der Waals surface area contributed by atoms with Crippen molar-refractivity contribution in [1.29, 1.82) is 0 Å². The van der Waals surface area contributed by atoms with E-state index in [9.17, 15) is 4.79 Å². The van der Waals surface area contributed by atoms with E-state index in [2.05, 4.69) is 24.0 Å². The summed E-state index contributed by atoms with van der Waals surface area (Å²) in [5, 5.41) is 9.89. The van der Waals surface area contributed by atoms with Crippen LogP contribution in [0.3, 0.4) is 0 Å². The highest BCUT2D eigenvalue weighted by Crippen LogP contribution is 2.21. The molecule has 1 aromatic heterocycles. The van der Waals surface area contributed by atoms with E-state index in [1.165, 1.54) is 5.56 Å². The van der Waals surface area contributed by atoms with Gasteiger partial charge in [-0.2, -0.15) is 0 Å². The molecule has 0 unspecified atom stereocenters. The Balaban J connectivity index is 2.28. The van der Waals surface area contributed by atoms with Crippen molar-refractivity contribution in [2.75, 3.05) is 0 Å². The molecule has 0 saturated carbocycles. The van der Waals surface area contributed by atoms with Crippen molar-refractivity contribution in [2.24, 2.45) is 5.73 Å². The highest BCUT2D eigenvalue weighted by atomic mass is 16.4. The van der Waals surface area contributed by atoms with Gasteiger partial charge in [0.2, 0.25) is 0 Å². The van der Waals surface area contributed by atoms with Crippen LogP contribution in [0.5, 0.6) is 0 Å². The lowest BCUT2D eigenvalue weighted by atomic mass is 10.0. The van der Waals surface area contributed by atoms with Gasteiger partial charge in [-0.05, 0) is 23.6 Å². The average Bonchev–Trinajstić information content (AvgIpc) is 2.72. The zero-order valence-corrected chi connectivity index (χ0v) is 10.4. The lowest BCUT2D eigenvalue weighted by Crippen LogP contribution is -2.32. The number of aryl methyl sites for hydroxylation is 1. The Bertz CT molecular complexity index is 560. The van der Waals surface area contributed by atoms with Crippen molar-refractivity contribution in [3.8, 4) is 0 Å². The van der Waals surface area contributed by atoms with Gasteiger partial charge in [-0.15, -0.1) is 0 Å². The third-order valence-corrected chi connectivity index (χ3v) is 3.13. The summed E-state index contributed by atoms with van der Waals surface area (Å²) in [7, 11) is 0. The lowest BCUT2D eigenvalue weighted by Gasteiger charge is -2.05. The van der Waals surface area contributed by atoms with Crippen LogP contribution in [0.15, 0.2) is 24.4 Å². The zero-order chi connectivity index (χ0) is 13.1. The van der Waals surface area contributed by atoms with Crippen LogP contribution in [0.4, 0.5) is 0 Å². The third-order valence-electron chi connectivity index (χ3n) is 3.13. The molecule has 1 heterocycles. The van der Waals surface area contributed by atoms with Gasteiger partial charge in [-0.1, -0.05) is 25.5 Å². The molecule has 0 aliphatic carbocycles. The van der Waals surface area contributed by atoms with Gasteiger partial charge in [-0.3, -0.25) is 4.79 Å². The summed E-state index contributed by atoms with van der Waals surface area (Å²) in [6, 6.07) is 5.41. The summed E-state index contributed by atoms with van der Waals surface area (Å²) in [6.07, 6.45) is 4.37. The molecule has 4 nitrogen and oxygen atoms in total. The number of carboxylic acid groups (broad SMARTS) is 1. The minimum Gasteiger partial charge on any atom is -0.480 e. The Hall–Kier alpha value is -1.81. The van der Waals surface area contributed by atoms with E-state index in [0.717, 1.165) is 29.3 Å². The number of hydrogen-bond donors (Lipinski definition) is 3. The standard InChI is InChI=1S/C14H18N2O2/c1-2-3-9-4-5-11-10(7-12(15)14(17)18)8-16-13(11)6-9/h4-6,8,12,16H,2-3,7,15H2,1H3,(H,17,18)/t12-/m0/s1. The molecule has 18 heavy (non-hydrogen) atoms. The summed E-state index contributed by atoms with van der Waals surface area (Å²) >= 11 is 0. The van der Waals surface area contributed by atoms with E-state index in [4.69, 9.17) is 10.8 Å². The van der Waals surface area contributed by atoms with Crippen LogP contribution in [-0.4, -0.2) is 22.1 Å². The second-order valence-electron chi connectivity index (χ2n) is 4.59. The van der Waals surface area contributed by atoms with Crippen LogP contribution in [0.2, 0.25) is 0 Å². The number of aromatic nitrogens is 1. The number of aromatic amines is 1. The van der Waals surface area contributed by atoms with Crippen LogP contribution in [0.25, 0.3) is 10.9 Å². The number of fused-ring (bicyclic) bond motifs is 1. The number of aliphatic carboxylic acids is 1. The Morgan fingerprint density at radius 1 is 1.50 bits per heavy atom. The molecule has 96 valence electrons. The first-order chi connectivity index (χ1) is 8.61. The Kier molecular flexibility index (Phi) is 3.67. The van der Waals surface area contributed by atoms with Crippen molar-refractivity contribution in [2.45, 2.75) is 32.2 Å². The molecule has 0 aliphatic rings. The first-order valence-corrected chi connectivity index (χ1v) is 6.19. The first kappa shape index (κ1) is 12.6. The van der Waals surface area contributed by atoms with Gasteiger partial charge < -0.3 is 15.8 Å². The van der Waals surface area contributed by atoms with Crippen LogP contribution < -0.4 is 5.73 Å². The lowest BCUT2D eigenvalue weighted by molar-refractivity contribution is -0.138. The second kappa shape index (κ2) is 5.23. The highest BCUT2D eigenvalue weighted by molar-refractivity contribution is 5.85. The minimum atomic E-state index is -0.966. The number of hydrogen-bond acceptors (Lipinski definition) is 2. The maximum atomic E-state index is 10.8. The normalized spacial score (nSPS) is 12.8. The third kappa shape index (κ3) is 2.54. The molecule has 0 radical (unpaired) electrons. The van der Waals surface area contributed by atoms with Crippen LogP contribution in [0, 0.1) is 0 Å². The maximum absolute atomic E-state index is 10.8. The summed E-state index contributed by atoms with van der Waals surface area (Å²) < 4.78 is 0. The number of benzene rings is 1. The number of nitrogens with two attached hydrogens (primary N) is 1. The van der Waals surface area contributed by atoms with Gasteiger partial charge in [0.1, 0.15) is 6.04 Å². The van der Waals surface area contributed by atoms with Crippen LogP contribution in [-0.2, 0) is 17.6 Å². The molecular formula is C14H18N2O2. The van der Waals surface area contributed by atoms with E-state index in [1.807, 2.05) is 12.3 Å². The predicted molar refractivity (Wildman–Crippen MR) is 71.6 cm³/mol. The Morgan fingerprint density at radius 3 is 2.94 bits per heavy atom. The van der Waals surface area contributed by atoms with Gasteiger partial charge in [-0.25, -0.2) is 0 Å². The highest BCUT2D eigenvalue weighted by Gasteiger charge is 2.14. The number of H-pyrrole nitrogens is 1. The molecule has 0 amide bonds. The number of carbonyl (C=O) groups is 1. The molecule has 0 saturated heterocycles. The molecule has 2 aromatic rings. The topological polar surface area (TPSA) is 79.1 Å². The zero-order valence-electron chi connectivity index (χ0n) is 10.4. The van der Waals surface area contributed by atoms with Crippen molar-refractivity contribution in [1.82, 2.24) is 4.98 Å². The van der Waals surface area contributed by atoms with E-state index in [1.54, 1.807) is 0 Å². The number of rotatable bonds is 5. The largest absolute Gasteiger partial charge is 0.480 e. The Labute approximate surface area is 106 Å². The molecule has 4 heteroatoms. The van der Waals surface area contributed by atoms with Crippen molar-refractivity contribution < 1.29 is 9.90 Å². The minimum absolute atomic E-state index is 0.350. The maximum Gasteiger partial charge on any atom is 0.320 e. The van der Waals surface area contributed by atoms with Crippen LogP contribution in [0.1, 0.15) is 24.5 Å². The second-order valence-corrected chi connectivity index (χ2v) is 4.59. The molecule has 1 aromatic carbocycles. The van der Waals surface area contributed by atoms with E-state index < -0.39 is 12.0 Å². The number of nitrogens with one attached hydrogen (secondary N) is 1. The molecular weight excluding hydrogens is 228 g/mol. The van der Waals surface area contributed by atoms with Crippen molar-refractivity contribution in [3.63, 3.8) is 0 Å². The van der Waals surface area contributed by atoms with E-state index in [-0.39, 0.29) is 0 Å². The monoisotopic (exact) mass is 246 g/mol. The van der Waals surface area contributed by atoms with Gasteiger partial charge in [0.05, 0.1) is 0 Å². The molecule has 1 atom stereocenters. The summed E-state index contributed by atoms with van der Waals surface area (Å²) in [4.78, 5) is 13.9. The summed E-state index contributed by atoms with van der Waals surface area (Å²) in [5.41, 5.74) is 8.87. The van der Waals surface area contributed by atoms with Crippen LogP contribution >= 0.6 is 0 Å². The predicted octanol–water partition coefficient (Wildman–Crippen LogP) is 2.07. The molecule has 0 aliphatic heterocycles. The van der Waals surface area contributed by atoms with Crippen molar-refractivity contribution >= 4 is 16.9 Å². The quantitative estimate of drug-likeness (QED) is 0.755. The van der Waals surface area contributed by atoms with Gasteiger partial charge >= 0.3 is 5.97 Å². The van der Waals surface area contributed by atoms with Gasteiger partial charge in [0.25, 0.3) is 0 Å². The smallest absolute Gasteiger partial charge is 0.320 e. The molecule has 2 rings (SSSR count). The summed E-state index contributed by atoms with van der Waals surface area (Å²) in [6.45, 7) is 2.15. The fraction of sp³-hybridized carbons (Fsp3) is 0.357. The van der Waals surface area contributed by atoms with Gasteiger partial charge in [0.15, 0.2) is 0 Å². The molecule has 4 N–H and O–H groups in total. The number of carboxylic acids is 1. The first-order valence-electron chi connectivity index (χ1n) is 6.19. The fourth-order valence-electron chi connectivity index (χ4n) is 2.17. The summed E-state index contributed by atoms with van der Waals surface area (Å²) in [5.74, 6) is -0.966.